The van der Waals surface area contributed by atoms with Crippen molar-refractivity contribution in [3.8, 4) is 10.6 Å². The molecule has 1 unspecified atom stereocenters. The molecule has 0 spiro atoms. The Morgan fingerprint density at radius 2 is 2.11 bits per heavy atom. The van der Waals surface area contributed by atoms with Gasteiger partial charge in [-0.15, -0.1) is 10.2 Å². The highest BCUT2D eigenvalue weighted by atomic mass is 32.1. The Hall–Kier alpha value is -1.40. The van der Waals surface area contributed by atoms with Crippen LogP contribution in [0, 0.1) is 5.92 Å². The van der Waals surface area contributed by atoms with Crippen LogP contribution in [0.3, 0.4) is 0 Å². The van der Waals surface area contributed by atoms with Gasteiger partial charge in [-0.25, -0.2) is 0 Å². The van der Waals surface area contributed by atoms with E-state index in [2.05, 4.69) is 22.8 Å². The van der Waals surface area contributed by atoms with Crippen molar-refractivity contribution in [3.63, 3.8) is 0 Å². The lowest BCUT2D eigenvalue weighted by Gasteiger charge is -2.10. The molecule has 2 heterocycles. The van der Waals surface area contributed by atoms with Gasteiger partial charge in [-0.3, -0.25) is 9.69 Å². The van der Waals surface area contributed by atoms with Crippen LogP contribution in [0.15, 0.2) is 30.3 Å². The summed E-state index contributed by atoms with van der Waals surface area (Å²) in [7, 11) is 0. The molecule has 1 aliphatic rings. The molecule has 1 aliphatic heterocycles. The van der Waals surface area contributed by atoms with E-state index in [1.807, 2.05) is 30.3 Å². The molecular weight excluding hydrogens is 278 g/mol. The van der Waals surface area contributed by atoms with E-state index in [1.54, 1.807) is 4.90 Å². The summed E-state index contributed by atoms with van der Waals surface area (Å²) in [6.45, 7) is 0.700. The molecule has 1 amide bonds. The first-order valence-corrected chi connectivity index (χ1v) is 7.53. The molecule has 1 atom stereocenters. The number of amides is 1. The molecule has 3 rings (SSSR count). The molecule has 0 saturated carbocycles. The maximum atomic E-state index is 11.9. The maximum absolute atomic E-state index is 11.9. The fourth-order valence-electron chi connectivity index (χ4n) is 2.11. The van der Waals surface area contributed by atoms with Crippen LogP contribution in [0.2, 0.25) is 0 Å². The van der Waals surface area contributed by atoms with E-state index in [0.29, 0.717) is 24.0 Å². The molecule has 1 saturated heterocycles. The number of carbonyl (C=O) groups is 1. The number of hydrogen-bond donors (Lipinski definition) is 1. The average Bonchev–Trinajstić information content (AvgIpc) is 3.06. The second-order valence-electron chi connectivity index (χ2n) is 4.51. The topological polar surface area (TPSA) is 46.1 Å². The predicted octanol–water partition coefficient (Wildman–Crippen LogP) is 2.49. The molecule has 1 aromatic carbocycles. The van der Waals surface area contributed by atoms with Gasteiger partial charge in [-0.05, 0) is 11.7 Å². The van der Waals surface area contributed by atoms with Crippen LogP contribution in [-0.2, 0) is 4.79 Å². The SMILES string of the molecule is O=C1CC(CS)CN1c1nnc(-c2ccccc2)s1. The van der Waals surface area contributed by atoms with E-state index in [-0.39, 0.29) is 5.91 Å². The van der Waals surface area contributed by atoms with Gasteiger partial charge in [0.1, 0.15) is 5.01 Å². The van der Waals surface area contributed by atoms with Crippen molar-refractivity contribution < 1.29 is 4.79 Å². The van der Waals surface area contributed by atoms with E-state index in [0.717, 1.165) is 16.3 Å². The normalized spacial score (nSPS) is 19.1. The van der Waals surface area contributed by atoms with Crippen LogP contribution in [0.5, 0.6) is 0 Å². The van der Waals surface area contributed by atoms with Gasteiger partial charge in [0.15, 0.2) is 0 Å². The van der Waals surface area contributed by atoms with Crippen LogP contribution < -0.4 is 4.90 Å². The zero-order valence-electron chi connectivity index (χ0n) is 10.2. The molecule has 98 valence electrons. The molecule has 2 aromatic rings. The lowest BCUT2D eigenvalue weighted by molar-refractivity contribution is -0.117. The van der Waals surface area contributed by atoms with Gasteiger partial charge in [-0.1, -0.05) is 41.7 Å². The summed E-state index contributed by atoms with van der Waals surface area (Å²) in [6.07, 6.45) is 0.559. The first-order valence-electron chi connectivity index (χ1n) is 6.08. The van der Waals surface area contributed by atoms with Crippen molar-refractivity contribution in [2.45, 2.75) is 6.42 Å². The Kier molecular flexibility index (Phi) is 3.52. The fourth-order valence-corrected chi connectivity index (χ4v) is 3.23. The van der Waals surface area contributed by atoms with E-state index in [4.69, 9.17) is 0 Å². The number of aromatic nitrogens is 2. The summed E-state index contributed by atoms with van der Waals surface area (Å²) in [5.74, 6) is 1.17. The summed E-state index contributed by atoms with van der Waals surface area (Å²) in [6, 6.07) is 9.88. The van der Waals surface area contributed by atoms with Gasteiger partial charge >= 0.3 is 0 Å². The highest BCUT2D eigenvalue weighted by Crippen LogP contribution is 2.32. The summed E-state index contributed by atoms with van der Waals surface area (Å²) < 4.78 is 0. The highest BCUT2D eigenvalue weighted by Gasteiger charge is 2.31. The van der Waals surface area contributed by atoms with Gasteiger partial charge in [0.2, 0.25) is 11.0 Å². The highest BCUT2D eigenvalue weighted by molar-refractivity contribution is 7.80. The fraction of sp³-hybridized carbons (Fsp3) is 0.308. The zero-order valence-corrected chi connectivity index (χ0v) is 11.9. The van der Waals surface area contributed by atoms with E-state index in [9.17, 15) is 4.79 Å². The summed E-state index contributed by atoms with van der Waals surface area (Å²) in [4.78, 5) is 13.6. The third kappa shape index (κ3) is 2.50. The van der Waals surface area contributed by atoms with Crippen molar-refractivity contribution >= 4 is 35.0 Å². The Balaban J connectivity index is 1.84. The number of nitrogens with zero attached hydrogens (tertiary/aromatic N) is 3. The number of rotatable bonds is 3. The van der Waals surface area contributed by atoms with Crippen molar-refractivity contribution in [1.82, 2.24) is 10.2 Å². The van der Waals surface area contributed by atoms with Gasteiger partial charge in [-0.2, -0.15) is 12.6 Å². The maximum Gasteiger partial charge on any atom is 0.229 e. The van der Waals surface area contributed by atoms with Gasteiger partial charge in [0, 0.05) is 18.5 Å². The first-order chi connectivity index (χ1) is 9.28. The van der Waals surface area contributed by atoms with E-state index < -0.39 is 0 Å². The van der Waals surface area contributed by atoms with Gasteiger partial charge in [0.25, 0.3) is 0 Å². The number of benzene rings is 1. The summed E-state index contributed by atoms with van der Waals surface area (Å²) in [5, 5.41) is 9.85. The second kappa shape index (κ2) is 5.30. The molecule has 1 fully saturated rings. The van der Waals surface area contributed by atoms with E-state index >= 15 is 0 Å². The van der Waals surface area contributed by atoms with Crippen LogP contribution in [-0.4, -0.2) is 28.4 Å². The Morgan fingerprint density at radius 1 is 1.32 bits per heavy atom. The molecule has 0 bridgehead atoms. The van der Waals surface area contributed by atoms with E-state index in [1.165, 1.54) is 11.3 Å². The van der Waals surface area contributed by atoms with Crippen LogP contribution in [0.1, 0.15) is 6.42 Å². The first kappa shape index (κ1) is 12.6. The third-order valence-electron chi connectivity index (χ3n) is 3.13. The molecule has 4 nitrogen and oxygen atoms in total. The summed E-state index contributed by atoms with van der Waals surface area (Å²) >= 11 is 5.72. The zero-order chi connectivity index (χ0) is 13.2. The summed E-state index contributed by atoms with van der Waals surface area (Å²) in [5.41, 5.74) is 1.03. The van der Waals surface area contributed by atoms with Gasteiger partial charge < -0.3 is 0 Å². The Morgan fingerprint density at radius 3 is 2.79 bits per heavy atom. The predicted molar refractivity (Wildman–Crippen MR) is 79.7 cm³/mol. The molecule has 0 aliphatic carbocycles. The number of thiol groups is 1. The minimum Gasteiger partial charge on any atom is -0.286 e. The molecule has 6 heteroatoms. The largest absolute Gasteiger partial charge is 0.286 e. The van der Waals surface area contributed by atoms with Crippen LogP contribution >= 0.6 is 24.0 Å². The molecule has 0 N–H and O–H groups in total. The van der Waals surface area contributed by atoms with Crippen LogP contribution in [0.25, 0.3) is 10.6 Å². The number of hydrogen-bond acceptors (Lipinski definition) is 5. The van der Waals surface area contributed by atoms with Crippen molar-refractivity contribution in [3.05, 3.63) is 30.3 Å². The Bertz CT molecular complexity index is 585. The standard InChI is InChI=1S/C13H13N3OS2/c17-11-6-9(8-18)7-16(11)13-15-14-12(19-13)10-4-2-1-3-5-10/h1-5,9,18H,6-8H2. The lowest BCUT2D eigenvalue weighted by atomic mass is 10.1. The minimum atomic E-state index is 0.120. The number of anilines is 1. The lowest BCUT2D eigenvalue weighted by Crippen LogP contribution is -2.24. The second-order valence-corrected chi connectivity index (χ2v) is 5.83. The smallest absolute Gasteiger partial charge is 0.229 e. The average molecular weight is 291 g/mol. The molecule has 19 heavy (non-hydrogen) atoms. The molecular formula is C13H13N3OS2. The van der Waals surface area contributed by atoms with Gasteiger partial charge in [0.05, 0.1) is 0 Å². The van der Waals surface area contributed by atoms with Crippen LogP contribution in [0.4, 0.5) is 5.13 Å². The Labute approximate surface area is 120 Å². The monoisotopic (exact) mass is 291 g/mol. The quantitative estimate of drug-likeness (QED) is 0.884. The third-order valence-corrected chi connectivity index (χ3v) is 4.64. The van der Waals surface area contributed by atoms with Crippen molar-refractivity contribution in [2.24, 2.45) is 5.92 Å². The van der Waals surface area contributed by atoms with Crippen molar-refractivity contribution in [2.75, 3.05) is 17.2 Å². The van der Waals surface area contributed by atoms with Crippen molar-refractivity contribution in [1.29, 1.82) is 0 Å². The number of carbonyl (C=O) groups excluding carboxylic acids is 1. The minimum absolute atomic E-state index is 0.120. The molecule has 0 radical (unpaired) electrons. The molecule has 1 aromatic heterocycles.